The zero-order valence-corrected chi connectivity index (χ0v) is 18.0. The van der Waals surface area contributed by atoms with E-state index in [2.05, 4.69) is 10.6 Å². The van der Waals surface area contributed by atoms with Gasteiger partial charge in [0, 0.05) is 12.1 Å². The molecule has 1 aromatic carbocycles. The molecule has 2 amide bonds. The van der Waals surface area contributed by atoms with E-state index >= 15 is 0 Å². The van der Waals surface area contributed by atoms with Crippen LogP contribution in [-0.2, 0) is 4.79 Å². The molecule has 0 atom stereocenters. The first-order chi connectivity index (χ1) is 13.9. The molecule has 0 saturated heterocycles. The van der Waals surface area contributed by atoms with Gasteiger partial charge >= 0.3 is 0 Å². The predicted octanol–water partition coefficient (Wildman–Crippen LogP) is 4.74. The first kappa shape index (κ1) is 21.2. The van der Waals surface area contributed by atoms with Crippen LogP contribution < -0.4 is 20.1 Å². The van der Waals surface area contributed by atoms with Crippen LogP contribution in [-0.4, -0.2) is 31.1 Å². The Morgan fingerprint density at radius 3 is 2.72 bits per heavy atom. The Morgan fingerprint density at radius 1 is 1.31 bits per heavy atom. The van der Waals surface area contributed by atoms with E-state index < -0.39 is 0 Å². The lowest BCUT2D eigenvalue weighted by Crippen LogP contribution is -2.26. The van der Waals surface area contributed by atoms with E-state index in [1.54, 1.807) is 29.7 Å². The van der Waals surface area contributed by atoms with Gasteiger partial charge in [-0.25, -0.2) is 0 Å². The summed E-state index contributed by atoms with van der Waals surface area (Å²) in [5, 5.41) is 8.38. The van der Waals surface area contributed by atoms with Crippen molar-refractivity contribution in [2.75, 3.05) is 12.4 Å². The van der Waals surface area contributed by atoms with Crippen molar-refractivity contribution in [1.82, 2.24) is 5.32 Å². The topological polar surface area (TPSA) is 76.7 Å². The van der Waals surface area contributed by atoms with Gasteiger partial charge < -0.3 is 20.1 Å². The Hall–Kier alpha value is -2.51. The molecular formula is C21H23ClN2O4S. The van der Waals surface area contributed by atoms with Gasteiger partial charge in [-0.1, -0.05) is 11.6 Å². The van der Waals surface area contributed by atoms with Gasteiger partial charge in [0.15, 0.2) is 11.5 Å². The fraction of sp³-hybridized carbons (Fsp3) is 0.333. The van der Waals surface area contributed by atoms with Crippen LogP contribution in [0.2, 0.25) is 5.02 Å². The summed E-state index contributed by atoms with van der Waals surface area (Å²) in [5.74, 6) is 0.454. The van der Waals surface area contributed by atoms with E-state index in [9.17, 15) is 9.59 Å². The molecule has 1 aromatic heterocycles. The Kier molecular flexibility index (Phi) is 6.82. The molecule has 2 aromatic rings. The number of methoxy groups -OCH3 is 1. The highest BCUT2D eigenvalue weighted by Gasteiger charge is 2.25. The van der Waals surface area contributed by atoms with Gasteiger partial charge in [0.05, 0.1) is 23.8 Å². The average Bonchev–Trinajstić information content (AvgIpc) is 3.36. The molecule has 1 saturated carbocycles. The number of carbonyl (C=O) groups is 2. The van der Waals surface area contributed by atoms with Crippen LogP contribution in [0.5, 0.6) is 11.5 Å². The Morgan fingerprint density at radius 2 is 2.07 bits per heavy atom. The van der Waals surface area contributed by atoms with Crippen molar-refractivity contribution < 1.29 is 19.1 Å². The number of halogens is 1. The summed E-state index contributed by atoms with van der Waals surface area (Å²) in [6, 6.07) is 5.41. The Balaban J connectivity index is 1.69. The minimum absolute atomic E-state index is 0.0503. The zero-order chi connectivity index (χ0) is 21.0. The van der Waals surface area contributed by atoms with E-state index in [-0.39, 0.29) is 24.0 Å². The number of hydrogen-bond donors (Lipinski definition) is 2. The zero-order valence-electron chi connectivity index (χ0n) is 16.5. The van der Waals surface area contributed by atoms with Gasteiger partial charge in [0.25, 0.3) is 5.91 Å². The summed E-state index contributed by atoms with van der Waals surface area (Å²) in [4.78, 5) is 24.6. The van der Waals surface area contributed by atoms with E-state index in [4.69, 9.17) is 21.1 Å². The quantitative estimate of drug-likeness (QED) is 0.588. The van der Waals surface area contributed by atoms with Gasteiger partial charge in [-0.05, 0) is 61.9 Å². The highest BCUT2D eigenvalue weighted by Crippen LogP contribution is 2.37. The lowest BCUT2D eigenvalue weighted by molar-refractivity contribution is -0.111. The van der Waals surface area contributed by atoms with Crippen LogP contribution >= 0.6 is 22.9 Å². The van der Waals surface area contributed by atoms with Crippen molar-refractivity contribution in [3.63, 3.8) is 0 Å². The Bertz CT molecular complexity index is 935. The van der Waals surface area contributed by atoms with Gasteiger partial charge in [0.1, 0.15) is 5.00 Å². The molecule has 2 N–H and O–H groups in total. The van der Waals surface area contributed by atoms with E-state index in [0.29, 0.717) is 32.6 Å². The highest BCUT2D eigenvalue weighted by molar-refractivity contribution is 7.14. The molecule has 8 heteroatoms. The molecular weight excluding hydrogens is 412 g/mol. The van der Waals surface area contributed by atoms with Gasteiger partial charge in [-0.3, -0.25) is 9.59 Å². The molecule has 0 bridgehead atoms. The number of nitrogens with one attached hydrogen (secondary N) is 2. The first-order valence-corrected chi connectivity index (χ1v) is 10.5. The standard InChI is InChI=1S/C21H23ClN2O4S/c1-12(2)28-19-16(22)10-13(11-17(19)27-3)4-7-18(25)24-21-15(8-9-29-21)20(26)23-14-5-6-14/h4,7-12,14H,5-6H2,1-3H3,(H,23,26)(H,24,25)/b7-4+. The number of rotatable bonds is 8. The molecule has 0 unspecified atom stereocenters. The van der Waals surface area contributed by atoms with E-state index in [1.807, 2.05) is 13.8 Å². The lowest BCUT2D eigenvalue weighted by Gasteiger charge is -2.15. The summed E-state index contributed by atoms with van der Waals surface area (Å²) >= 11 is 7.61. The molecule has 3 rings (SSSR count). The number of thiophene rings is 1. The minimum Gasteiger partial charge on any atom is -0.493 e. The average molecular weight is 435 g/mol. The lowest BCUT2D eigenvalue weighted by atomic mass is 10.2. The van der Waals surface area contributed by atoms with E-state index in [1.165, 1.54) is 24.5 Å². The molecule has 0 spiro atoms. The van der Waals surface area contributed by atoms with Crippen molar-refractivity contribution in [2.24, 2.45) is 0 Å². The molecule has 0 radical (unpaired) electrons. The molecule has 0 aliphatic heterocycles. The van der Waals surface area contributed by atoms with Crippen LogP contribution in [0.15, 0.2) is 29.7 Å². The summed E-state index contributed by atoms with van der Waals surface area (Å²) in [5.41, 5.74) is 1.17. The highest BCUT2D eigenvalue weighted by atomic mass is 35.5. The van der Waals surface area contributed by atoms with Crippen LogP contribution in [0, 0.1) is 0 Å². The normalized spacial score (nSPS) is 13.6. The molecule has 154 valence electrons. The van der Waals surface area contributed by atoms with Crippen molar-refractivity contribution >= 4 is 45.8 Å². The molecule has 1 aliphatic carbocycles. The molecule has 1 heterocycles. The number of ether oxygens (including phenoxy) is 2. The second-order valence-corrected chi connectivity index (χ2v) is 8.26. The predicted molar refractivity (Wildman–Crippen MR) is 116 cm³/mol. The summed E-state index contributed by atoms with van der Waals surface area (Å²) in [6.07, 6.45) is 4.97. The van der Waals surface area contributed by atoms with Crippen molar-refractivity contribution in [3.05, 3.63) is 45.8 Å². The number of hydrogen-bond acceptors (Lipinski definition) is 5. The van der Waals surface area contributed by atoms with E-state index in [0.717, 1.165) is 12.8 Å². The largest absolute Gasteiger partial charge is 0.493 e. The minimum atomic E-state index is -0.342. The van der Waals surface area contributed by atoms with Gasteiger partial charge in [-0.2, -0.15) is 0 Å². The number of anilines is 1. The molecule has 29 heavy (non-hydrogen) atoms. The van der Waals surface area contributed by atoms with Gasteiger partial charge in [-0.15, -0.1) is 11.3 Å². The third-order valence-corrected chi connectivity index (χ3v) is 5.20. The number of carbonyl (C=O) groups excluding carboxylic acids is 2. The third kappa shape index (κ3) is 5.74. The second-order valence-electron chi connectivity index (χ2n) is 6.93. The monoisotopic (exact) mass is 434 g/mol. The maximum absolute atomic E-state index is 12.3. The maximum Gasteiger partial charge on any atom is 0.254 e. The van der Waals surface area contributed by atoms with Crippen LogP contribution in [0.3, 0.4) is 0 Å². The smallest absolute Gasteiger partial charge is 0.254 e. The van der Waals surface area contributed by atoms with Crippen LogP contribution in [0.25, 0.3) is 6.08 Å². The fourth-order valence-electron chi connectivity index (χ4n) is 2.59. The maximum atomic E-state index is 12.3. The third-order valence-electron chi connectivity index (χ3n) is 4.09. The first-order valence-electron chi connectivity index (χ1n) is 9.29. The van der Waals surface area contributed by atoms with Crippen molar-refractivity contribution in [2.45, 2.75) is 38.8 Å². The van der Waals surface area contributed by atoms with Crippen LogP contribution in [0.1, 0.15) is 42.6 Å². The number of amides is 2. The fourth-order valence-corrected chi connectivity index (χ4v) is 3.64. The van der Waals surface area contributed by atoms with Crippen LogP contribution in [0.4, 0.5) is 5.00 Å². The van der Waals surface area contributed by atoms with Crippen molar-refractivity contribution in [3.8, 4) is 11.5 Å². The Labute approximate surface area is 178 Å². The number of benzene rings is 1. The summed E-state index contributed by atoms with van der Waals surface area (Å²) < 4.78 is 11.0. The summed E-state index contributed by atoms with van der Waals surface area (Å²) in [7, 11) is 1.53. The van der Waals surface area contributed by atoms with Gasteiger partial charge in [0.2, 0.25) is 5.91 Å². The molecule has 6 nitrogen and oxygen atoms in total. The second kappa shape index (κ2) is 9.33. The SMILES string of the molecule is COc1cc(/C=C/C(=O)Nc2sccc2C(=O)NC2CC2)cc(Cl)c1OC(C)C. The molecule has 1 aliphatic rings. The summed E-state index contributed by atoms with van der Waals surface area (Å²) in [6.45, 7) is 3.80. The van der Waals surface area contributed by atoms with Crippen molar-refractivity contribution in [1.29, 1.82) is 0 Å². The molecule has 1 fully saturated rings.